The molecule has 1 aliphatic carbocycles. The fourth-order valence-electron chi connectivity index (χ4n) is 2.04. The highest BCUT2D eigenvalue weighted by Gasteiger charge is 2.21. The Kier molecular flexibility index (Phi) is 4.86. The van der Waals surface area contributed by atoms with Crippen LogP contribution in [-0.2, 0) is 4.79 Å². The van der Waals surface area contributed by atoms with E-state index in [4.69, 9.17) is 0 Å². The van der Waals surface area contributed by atoms with Crippen LogP contribution in [0.1, 0.15) is 46.5 Å². The molecule has 1 fully saturated rings. The first-order chi connectivity index (χ1) is 7.09. The van der Waals surface area contributed by atoms with Crippen molar-refractivity contribution in [2.75, 3.05) is 0 Å². The lowest BCUT2D eigenvalue weighted by molar-refractivity contribution is -0.117. The molecule has 1 aliphatic rings. The van der Waals surface area contributed by atoms with E-state index in [1.165, 1.54) is 19.3 Å². The Hall–Kier alpha value is -0.790. The van der Waals surface area contributed by atoms with Gasteiger partial charge in [-0.1, -0.05) is 39.7 Å². The minimum Gasteiger partial charge on any atom is -0.350 e. The van der Waals surface area contributed by atoms with Gasteiger partial charge < -0.3 is 5.32 Å². The van der Waals surface area contributed by atoms with E-state index in [-0.39, 0.29) is 5.91 Å². The van der Waals surface area contributed by atoms with Crippen LogP contribution < -0.4 is 5.32 Å². The number of allylic oxidation sites excluding steroid dienone is 1. The smallest absolute Gasteiger partial charge is 0.243 e. The fourth-order valence-corrected chi connectivity index (χ4v) is 2.04. The summed E-state index contributed by atoms with van der Waals surface area (Å²) >= 11 is 0. The summed E-state index contributed by atoms with van der Waals surface area (Å²) in [5.74, 6) is 1.15. The molecule has 0 aromatic heterocycles. The van der Waals surface area contributed by atoms with E-state index in [0.29, 0.717) is 17.9 Å². The van der Waals surface area contributed by atoms with Crippen LogP contribution in [0.2, 0.25) is 0 Å². The van der Waals surface area contributed by atoms with Crippen LogP contribution in [0.4, 0.5) is 0 Å². The minimum absolute atomic E-state index is 0.0717. The van der Waals surface area contributed by atoms with Crippen molar-refractivity contribution in [1.29, 1.82) is 0 Å². The number of hydrogen-bond acceptors (Lipinski definition) is 1. The Balaban J connectivity index is 2.36. The highest BCUT2D eigenvalue weighted by atomic mass is 16.1. The monoisotopic (exact) mass is 209 g/mol. The second-order valence-electron chi connectivity index (χ2n) is 4.98. The number of amides is 1. The lowest BCUT2D eigenvalue weighted by Gasteiger charge is -2.29. The van der Waals surface area contributed by atoms with Crippen LogP contribution in [0.3, 0.4) is 0 Å². The van der Waals surface area contributed by atoms with Gasteiger partial charge in [-0.2, -0.15) is 0 Å². The quantitative estimate of drug-likeness (QED) is 0.711. The largest absolute Gasteiger partial charge is 0.350 e. The summed E-state index contributed by atoms with van der Waals surface area (Å²) in [4.78, 5) is 11.6. The Morgan fingerprint density at radius 3 is 2.60 bits per heavy atom. The maximum Gasteiger partial charge on any atom is 0.243 e. The summed E-state index contributed by atoms with van der Waals surface area (Å²) in [5.41, 5.74) is 0. The van der Waals surface area contributed by atoms with E-state index in [9.17, 15) is 4.79 Å². The molecule has 1 amide bonds. The van der Waals surface area contributed by atoms with Crippen LogP contribution in [0.15, 0.2) is 12.2 Å². The normalized spacial score (nSPS) is 27.2. The van der Waals surface area contributed by atoms with Gasteiger partial charge in [0, 0.05) is 6.04 Å². The van der Waals surface area contributed by atoms with Crippen molar-refractivity contribution in [2.45, 2.75) is 52.5 Å². The molecule has 0 aliphatic heterocycles. The first-order valence-electron chi connectivity index (χ1n) is 6.08. The summed E-state index contributed by atoms with van der Waals surface area (Å²) in [5, 5.41) is 3.10. The van der Waals surface area contributed by atoms with Gasteiger partial charge in [0.2, 0.25) is 5.91 Å². The molecular weight excluding hydrogens is 186 g/mol. The first kappa shape index (κ1) is 12.3. The zero-order valence-corrected chi connectivity index (χ0v) is 10.1. The number of carbonyl (C=O) groups excluding carboxylic acids is 1. The van der Waals surface area contributed by atoms with Crippen molar-refractivity contribution >= 4 is 5.91 Å². The summed E-state index contributed by atoms with van der Waals surface area (Å²) in [7, 11) is 0. The molecular formula is C13H23NO. The Morgan fingerprint density at radius 1 is 1.33 bits per heavy atom. The van der Waals surface area contributed by atoms with Gasteiger partial charge in [0.15, 0.2) is 0 Å². The van der Waals surface area contributed by atoms with E-state index >= 15 is 0 Å². The topological polar surface area (TPSA) is 29.1 Å². The molecule has 2 heteroatoms. The molecule has 86 valence electrons. The van der Waals surface area contributed by atoms with Crippen molar-refractivity contribution in [3.05, 3.63) is 12.2 Å². The molecule has 2 unspecified atom stereocenters. The zero-order chi connectivity index (χ0) is 11.3. The molecule has 0 aromatic carbocycles. The number of rotatable bonds is 3. The molecule has 15 heavy (non-hydrogen) atoms. The molecule has 2 atom stereocenters. The maximum atomic E-state index is 11.6. The molecule has 0 aromatic rings. The standard InChI is InChI=1S/C13H23NO/c1-10(2)8-9-13(15)14-12-7-5-4-6-11(12)3/h8-12H,4-7H2,1-3H3,(H,14,15)/b9-8+. The van der Waals surface area contributed by atoms with Crippen LogP contribution in [0, 0.1) is 11.8 Å². The average molecular weight is 209 g/mol. The summed E-state index contributed by atoms with van der Waals surface area (Å²) < 4.78 is 0. The summed E-state index contributed by atoms with van der Waals surface area (Å²) in [6.07, 6.45) is 8.58. The molecule has 0 radical (unpaired) electrons. The Labute approximate surface area is 93.1 Å². The van der Waals surface area contributed by atoms with Crippen molar-refractivity contribution in [3.63, 3.8) is 0 Å². The molecule has 1 rings (SSSR count). The van der Waals surface area contributed by atoms with E-state index in [1.807, 2.05) is 6.08 Å². The molecule has 0 saturated heterocycles. The fraction of sp³-hybridized carbons (Fsp3) is 0.769. The van der Waals surface area contributed by atoms with Crippen molar-refractivity contribution in [2.24, 2.45) is 11.8 Å². The second-order valence-corrected chi connectivity index (χ2v) is 4.98. The second kappa shape index (κ2) is 5.94. The van der Waals surface area contributed by atoms with Gasteiger partial charge in [0.05, 0.1) is 0 Å². The average Bonchev–Trinajstić information content (AvgIpc) is 2.18. The van der Waals surface area contributed by atoms with Gasteiger partial charge in [-0.3, -0.25) is 4.79 Å². The maximum absolute atomic E-state index is 11.6. The van der Waals surface area contributed by atoms with Crippen LogP contribution >= 0.6 is 0 Å². The molecule has 0 spiro atoms. The number of hydrogen-bond donors (Lipinski definition) is 1. The molecule has 1 N–H and O–H groups in total. The van der Waals surface area contributed by atoms with Crippen molar-refractivity contribution in [1.82, 2.24) is 5.32 Å². The van der Waals surface area contributed by atoms with E-state index in [2.05, 4.69) is 26.1 Å². The van der Waals surface area contributed by atoms with Gasteiger partial charge in [0.25, 0.3) is 0 Å². The molecule has 0 heterocycles. The lowest BCUT2D eigenvalue weighted by Crippen LogP contribution is -2.40. The molecule has 1 saturated carbocycles. The van der Waals surface area contributed by atoms with Gasteiger partial charge in [-0.25, -0.2) is 0 Å². The zero-order valence-electron chi connectivity index (χ0n) is 10.1. The summed E-state index contributed by atoms with van der Waals surface area (Å²) in [6, 6.07) is 0.392. The van der Waals surface area contributed by atoms with Crippen LogP contribution in [0.5, 0.6) is 0 Å². The van der Waals surface area contributed by atoms with Gasteiger partial charge in [-0.05, 0) is 30.8 Å². The third-order valence-corrected chi connectivity index (χ3v) is 3.07. The molecule has 2 nitrogen and oxygen atoms in total. The number of nitrogens with one attached hydrogen (secondary N) is 1. The van der Waals surface area contributed by atoms with Crippen molar-refractivity contribution < 1.29 is 4.79 Å². The number of carbonyl (C=O) groups is 1. The van der Waals surface area contributed by atoms with Gasteiger partial charge >= 0.3 is 0 Å². The predicted octanol–water partition coefficient (Wildman–Crippen LogP) is 2.89. The van der Waals surface area contributed by atoms with Crippen molar-refractivity contribution in [3.8, 4) is 0 Å². The first-order valence-corrected chi connectivity index (χ1v) is 6.08. The van der Waals surface area contributed by atoms with Gasteiger partial charge in [-0.15, -0.1) is 0 Å². The Morgan fingerprint density at radius 2 is 2.00 bits per heavy atom. The van der Waals surface area contributed by atoms with Crippen LogP contribution in [-0.4, -0.2) is 11.9 Å². The summed E-state index contributed by atoms with van der Waals surface area (Å²) in [6.45, 7) is 6.39. The van der Waals surface area contributed by atoms with Crippen LogP contribution in [0.25, 0.3) is 0 Å². The SMILES string of the molecule is CC(C)/C=C/C(=O)NC1CCCCC1C. The third kappa shape index (κ3) is 4.50. The van der Waals surface area contributed by atoms with E-state index in [0.717, 1.165) is 6.42 Å². The Bertz CT molecular complexity index is 233. The predicted molar refractivity (Wildman–Crippen MR) is 63.5 cm³/mol. The third-order valence-electron chi connectivity index (χ3n) is 3.07. The molecule has 0 bridgehead atoms. The highest BCUT2D eigenvalue weighted by molar-refractivity contribution is 5.87. The highest BCUT2D eigenvalue weighted by Crippen LogP contribution is 2.23. The van der Waals surface area contributed by atoms with E-state index < -0.39 is 0 Å². The lowest BCUT2D eigenvalue weighted by atomic mass is 9.86. The van der Waals surface area contributed by atoms with Gasteiger partial charge in [0.1, 0.15) is 0 Å². The minimum atomic E-state index is 0.0717. The van der Waals surface area contributed by atoms with E-state index in [1.54, 1.807) is 6.08 Å².